The summed E-state index contributed by atoms with van der Waals surface area (Å²) in [6.45, 7) is 1.71. The van der Waals surface area contributed by atoms with E-state index in [-0.39, 0.29) is 18.3 Å². The van der Waals surface area contributed by atoms with Gasteiger partial charge in [0, 0.05) is 13.2 Å². The number of aromatic nitrogens is 1. The molecule has 0 saturated carbocycles. The summed E-state index contributed by atoms with van der Waals surface area (Å²) in [7, 11) is 1.60. The minimum atomic E-state index is -0.920. The molecular formula is C18H18FN3O3. The zero-order valence-electron chi connectivity index (χ0n) is 13.9. The number of nitrogens with one attached hydrogen (secondary N) is 1. The van der Waals surface area contributed by atoms with Gasteiger partial charge in [0.05, 0.1) is 6.04 Å². The van der Waals surface area contributed by atoms with Crippen LogP contribution < -0.4 is 5.32 Å². The topological polar surface area (TPSA) is 71.5 Å². The van der Waals surface area contributed by atoms with Gasteiger partial charge in [-0.25, -0.2) is 9.37 Å². The van der Waals surface area contributed by atoms with Gasteiger partial charge in [-0.1, -0.05) is 18.2 Å². The summed E-state index contributed by atoms with van der Waals surface area (Å²) in [4.78, 5) is 30.2. The number of benzene rings is 1. The van der Waals surface area contributed by atoms with Gasteiger partial charge in [-0.3, -0.25) is 9.59 Å². The number of aryl methyl sites for hydroxylation is 1. The number of carbonyl (C=O) groups excluding carboxylic acids is 2. The van der Waals surface area contributed by atoms with Crippen molar-refractivity contribution in [3.05, 3.63) is 59.5 Å². The van der Waals surface area contributed by atoms with Crippen LogP contribution in [0.1, 0.15) is 17.2 Å². The van der Waals surface area contributed by atoms with E-state index in [2.05, 4.69) is 10.3 Å². The van der Waals surface area contributed by atoms with Crippen molar-refractivity contribution < 1.29 is 18.7 Å². The number of rotatable bonds is 3. The van der Waals surface area contributed by atoms with Gasteiger partial charge in [0.15, 0.2) is 6.10 Å². The lowest BCUT2D eigenvalue weighted by Gasteiger charge is -2.38. The first-order chi connectivity index (χ1) is 12.0. The fourth-order valence-electron chi connectivity index (χ4n) is 2.73. The summed E-state index contributed by atoms with van der Waals surface area (Å²) < 4.78 is 18.7. The first kappa shape index (κ1) is 17.0. The van der Waals surface area contributed by atoms with Crippen LogP contribution in [0, 0.1) is 12.7 Å². The van der Waals surface area contributed by atoms with Crippen LogP contribution in [0.2, 0.25) is 0 Å². The Bertz CT molecular complexity index is 777. The molecule has 0 unspecified atom stereocenters. The number of morpholine rings is 1. The molecule has 1 aromatic carbocycles. The van der Waals surface area contributed by atoms with Crippen molar-refractivity contribution in [1.82, 2.24) is 9.88 Å². The van der Waals surface area contributed by atoms with Crippen molar-refractivity contribution in [3.63, 3.8) is 0 Å². The van der Waals surface area contributed by atoms with Crippen molar-refractivity contribution in [2.24, 2.45) is 0 Å². The minimum Gasteiger partial charge on any atom is -0.356 e. The Morgan fingerprint density at radius 1 is 1.28 bits per heavy atom. The molecule has 2 amide bonds. The van der Waals surface area contributed by atoms with Crippen LogP contribution in [0.25, 0.3) is 0 Å². The number of carbonyl (C=O) groups is 2. The van der Waals surface area contributed by atoms with E-state index in [1.165, 1.54) is 17.0 Å². The van der Waals surface area contributed by atoms with E-state index in [9.17, 15) is 14.0 Å². The largest absolute Gasteiger partial charge is 0.356 e. The van der Waals surface area contributed by atoms with Crippen LogP contribution in [-0.4, -0.2) is 41.5 Å². The highest BCUT2D eigenvalue weighted by atomic mass is 19.1. The zero-order valence-corrected chi connectivity index (χ0v) is 13.9. The minimum absolute atomic E-state index is 0.187. The zero-order chi connectivity index (χ0) is 18.0. The van der Waals surface area contributed by atoms with Crippen LogP contribution in [-0.2, 0) is 14.3 Å². The Morgan fingerprint density at radius 3 is 2.64 bits per heavy atom. The molecule has 130 valence electrons. The van der Waals surface area contributed by atoms with Crippen molar-refractivity contribution in [2.75, 3.05) is 19.0 Å². The number of hydrogen-bond acceptors (Lipinski definition) is 4. The molecule has 1 aromatic heterocycles. The van der Waals surface area contributed by atoms with Crippen LogP contribution in [0.15, 0.2) is 42.6 Å². The molecule has 1 fully saturated rings. The van der Waals surface area contributed by atoms with Crippen molar-refractivity contribution in [1.29, 1.82) is 0 Å². The molecule has 25 heavy (non-hydrogen) atoms. The second kappa shape index (κ2) is 6.98. The standard InChI is InChI=1S/C18H18FN3O3/c1-11-3-8-14(20-9-11)21-18(24)17-16(22(2)15(23)10-25-17)12-4-6-13(19)7-5-12/h3-9,16-17H,10H2,1-2H3,(H,20,21,24)/t16-,17-/m0/s1. The van der Waals surface area contributed by atoms with E-state index in [1.54, 1.807) is 31.4 Å². The van der Waals surface area contributed by atoms with Crippen LogP contribution >= 0.6 is 0 Å². The number of anilines is 1. The predicted molar refractivity (Wildman–Crippen MR) is 89.3 cm³/mol. The maximum Gasteiger partial charge on any atom is 0.257 e. The Morgan fingerprint density at radius 2 is 2.00 bits per heavy atom. The Kier molecular flexibility index (Phi) is 4.76. The Balaban J connectivity index is 1.85. The van der Waals surface area contributed by atoms with Crippen LogP contribution in [0.4, 0.5) is 10.2 Å². The number of hydrogen-bond donors (Lipinski definition) is 1. The van der Waals surface area contributed by atoms with E-state index in [0.29, 0.717) is 11.4 Å². The summed E-state index contributed by atoms with van der Waals surface area (Å²) in [6.07, 6.45) is 0.723. The molecule has 1 saturated heterocycles. The number of ether oxygens (including phenoxy) is 1. The second-order valence-corrected chi connectivity index (χ2v) is 5.94. The fourth-order valence-corrected chi connectivity index (χ4v) is 2.73. The monoisotopic (exact) mass is 343 g/mol. The highest BCUT2D eigenvalue weighted by molar-refractivity contribution is 5.95. The summed E-state index contributed by atoms with van der Waals surface area (Å²) >= 11 is 0. The average molecular weight is 343 g/mol. The molecule has 1 aliphatic rings. The number of pyridine rings is 1. The normalized spacial score (nSPS) is 20.4. The Labute approximate surface area is 144 Å². The fraction of sp³-hybridized carbons (Fsp3) is 0.278. The van der Waals surface area contributed by atoms with Gasteiger partial charge in [0.25, 0.3) is 5.91 Å². The predicted octanol–water partition coefficient (Wildman–Crippen LogP) is 2.07. The first-order valence-corrected chi connectivity index (χ1v) is 7.82. The SMILES string of the molecule is Cc1ccc(NC(=O)[C@H]2OCC(=O)N(C)[C@H]2c2ccc(F)cc2)nc1. The summed E-state index contributed by atoms with van der Waals surface area (Å²) in [5.74, 6) is -0.646. The maximum atomic E-state index is 13.2. The lowest BCUT2D eigenvalue weighted by molar-refractivity contribution is -0.160. The smallest absolute Gasteiger partial charge is 0.257 e. The molecule has 7 heteroatoms. The lowest BCUT2D eigenvalue weighted by atomic mass is 9.97. The average Bonchev–Trinajstić information content (AvgIpc) is 2.60. The van der Waals surface area contributed by atoms with Gasteiger partial charge < -0.3 is 15.0 Å². The van der Waals surface area contributed by atoms with Crippen LogP contribution in [0.5, 0.6) is 0 Å². The van der Waals surface area contributed by atoms with Crippen LogP contribution in [0.3, 0.4) is 0 Å². The molecule has 2 atom stereocenters. The highest BCUT2D eigenvalue weighted by Crippen LogP contribution is 2.30. The van der Waals surface area contributed by atoms with Crippen molar-refractivity contribution in [2.45, 2.75) is 19.1 Å². The molecule has 0 radical (unpaired) electrons. The second-order valence-electron chi connectivity index (χ2n) is 5.94. The van der Waals surface area contributed by atoms with Gasteiger partial charge in [0.2, 0.25) is 5.91 Å². The molecule has 0 bridgehead atoms. The van der Waals surface area contributed by atoms with Gasteiger partial charge in [0.1, 0.15) is 18.2 Å². The van der Waals surface area contributed by atoms with E-state index in [4.69, 9.17) is 4.74 Å². The van der Waals surface area contributed by atoms with E-state index < -0.39 is 18.1 Å². The molecule has 2 heterocycles. The summed E-state index contributed by atoms with van der Waals surface area (Å²) in [6, 6.07) is 8.55. The first-order valence-electron chi connectivity index (χ1n) is 7.82. The van der Waals surface area contributed by atoms with Gasteiger partial charge in [-0.05, 0) is 36.2 Å². The third kappa shape index (κ3) is 3.66. The van der Waals surface area contributed by atoms with Crippen molar-refractivity contribution in [3.8, 4) is 0 Å². The van der Waals surface area contributed by atoms with Crippen molar-refractivity contribution >= 4 is 17.6 Å². The highest BCUT2D eigenvalue weighted by Gasteiger charge is 2.40. The number of nitrogens with zero attached hydrogens (tertiary/aromatic N) is 2. The molecule has 1 N–H and O–H groups in total. The third-order valence-corrected chi connectivity index (χ3v) is 4.12. The maximum absolute atomic E-state index is 13.2. The van der Waals surface area contributed by atoms with E-state index >= 15 is 0 Å². The number of likely N-dealkylation sites (N-methyl/N-ethyl adjacent to an activating group) is 1. The lowest BCUT2D eigenvalue weighted by Crippen LogP contribution is -2.51. The third-order valence-electron chi connectivity index (χ3n) is 4.12. The molecule has 1 aliphatic heterocycles. The molecule has 6 nitrogen and oxygen atoms in total. The van der Waals surface area contributed by atoms with Gasteiger partial charge in [-0.15, -0.1) is 0 Å². The van der Waals surface area contributed by atoms with E-state index in [0.717, 1.165) is 5.56 Å². The number of amides is 2. The molecule has 0 aliphatic carbocycles. The Hall–Kier alpha value is -2.80. The van der Waals surface area contributed by atoms with E-state index in [1.807, 2.05) is 13.0 Å². The molecule has 0 spiro atoms. The van der Waals surface area contributed by atoms with Gasteiger partial charge >= 0.3 is 0 Å². The molecule has 3 rings (SSSR count). The molecule has 2 aromatic rings. The van der Waals surface area contributed by atoms with Gasteiger partial charge in [-0.2, -0.15) is 0 Å². The number of halogens is 1. The quantitative estimate of drug-likeness (QED) is 0.926. The summed E-state index contributed by atoms with van der Waals surface area (Å²) in [5, 5.41) is 2.70. The molecular weight excluding hydrogens is 325 g/mol. The summed E-state index contributed by atoms with van der Waals surface area (Å²) in [5.41, 5.74) is 1.59.